The van der Waals surface area contributed by atoms with Crippen molar-refractivity contribution < 1.29 is 4.79 Å². The van der Waals surface area contributed by atoms with Crippen molar-refractivity contribution >= 4 is 22.9 Å². The SMILES string of the molecule is O=C1CCCCNc2ncc3c(-c4ccc(CN5CCNCC5)cc4)cn(c3n2)CCCN1. The summed E-state index contributed by atoms with van der Waals surface area (Å²) in [5.74, 6) is 0.794. The number of rotatable bonds is 3. The topological polar surface area (TPSA) is 87.1 Å². The second-order valence-electron chi connectivity index (χ2n) is 8.98. The van der Waals surface area contributed by atoms with Crippen molar-refractivity contribution in [3.8, 4) is 11.1 Å². The predicted molar refractivity (Wildman–Crippen MR) is 131 cm³/mol. The zero-order valence-corrected chi connectivity index (χ0v) is 19.1. The number of aromatic nitrogens is 3. The van der Waals surface area contributed by atoms with E-state index in [1.807, 2.05) is 6.20 Å². The van der Waals surface area contributed by atoms with Crippen LogP contribution in [0, 0.1) is 0 Å². The molecule has 8 heteroatoms. The van der Waals surface area contributed by atoms with E-state index in [0.717, 1.165) is 81.7 Å². The third-order valence-corrected chi connectivity index (χ3v) is 6.51. The number of piperazine rings is 1. The number of aryl methyl sites for hydroxylation is 1. The monoisotopic (exact) mass is 447 g/mol. The molecule has 3 N–H and O–H groups in total. The first-order valence-electron chi connectivity index (χ1n) is 12.1. The molecule has 0 atom stereocenters. The Morgan fingerprint density at radius 2 is 1.73 bits per heavy atom. The number of carbonyl (C=O) groups is 1. The third-order valence-electron chi connectivity index (χ3n) is 6.51. The third kappa shape index (κ3) is 5.34. The Labute approximate surface area is 194 Å². The number of hydrogen-bond acceptors (Lipinski definition) is 6. The summed E-state index contributed by atoms with van der Waals surface area (Å²) < 4.78 is 2.20. The van der Waals surface area contributed by atoms with Crippen LogP contribution in [0.15, 0.2) is 36.7 Å². The van der Waals surface area contributed by atoms with E-state index in [4.69, 9.17) is 4.98 Å². The van der Waals surface area contributed by atoms with Gasteiger partial charge in [-0.25, -0.2) is 4.98 Å². The van der Waals surface area contributed by atoms with E-state index >= 15 is 0 Å². The van der Waals surface area contributed by atoms with Gasteiger partial charge in [-0.2, -0.15) is 4.98 Å². The van der Waals surface area contributed by atoms with E-state index in [9.17, 15) is 4.79 Å². The van der Waals surface area contributed by atoms with Gasteiger partial charge in [-0.05, 0) is 30.4 Å². The van der Waals surface area contributed by atoms with Gasteiger partial charge in [0.1, 0.15) is 5.65 Å². The van der Waals surface area contributed by atoms with Crippen molar-refractivity contribution in [1.29, 1.82) is 0 Å². The lowest BCUT2D eigenvalue weighted by molar-refractivity contribution is -0.121. The van der Waals surface area contributed by atoms with E-state index in [0.29, 0.717) is 18.9 Å². The van der Waals surface area contributed by atoms with Gasteiger partial charge in [-0.15, -0.1) is 0 Å². The highest BCUT2D eigenvalue weighted by molar-refractivity contribution is 5.94. The van der Waals surface area contributed by atoms with Crippen LogP contribution >= 0.6 is 0 Å². The number of benzene rings is 1. The van der Waals surface area contributed by atoms with Gasteiger partial charge in [-0.3, -0.25) is 9.69 Å². The Balaban J connectivity index is 1.40. The molecule has 2 aromatic heterocycles. The Bertz CT molecular complexity index is 1090. The maximum absolute atomic E-state index is 12.0. The number of carbonyl (C=O) groups excluding carboxylic acids is 1. The minimum atomic E-state index is 0.140. The van der Waals surface area contributed by atoms with Gasteiger partial charge >= 0.3 is 0 Å². The smallest absolute Gasteiger partial charge is 0.224 e. The van der Waals surface area contributed by atoms with Crippen molar-refractivity contribution in [2.45, 2.75) is 38.8 Å². The van der Waals surface area contributed by atoms with Crippen LogP contribution in [0.1, 0.15) is 31.2 Å². The van der Waals surface area contributed by atoms with Gasteiger partial charge in [0.2, 0.25) is 11.9 Å². The standard InChI is InChI=1S/C25H33N7O/c33-23-4-1-2-9-28-25-29-16-21-22(18-32(24(21)30-25)13-3-10-27-23)20-7-5-19(6-8-20)17-31-14-11-26-12-15-31/h5-8,16,18,26H,1-4,9-15,17H2,(H,27,33)(H,28,29,30). The molecule has 174 valence electrons. The molecule has 2 aliphatic heterocycles. The van der Waals surface area contributed by atoms with Crippen LogP contribution in [0.3, 0.4) is 0 Å². The highest BCUT2D eigenvalue weighted by atomic mass is 16.1. The summed E-state index contributed by atoms with van der Waals surface area (Å²) in [5.41, 5.74) is 4.61. The van der Waals surface area contributed by atoms with Crippen LogP contribution in [0.2, 0.25) is 0 Å². The number of nitrogens with one attached hydrogen (secondary N) is 3. The molecule has 1 amide bonds. The second-order valence-corrected chi connectivity index (χ2v) is 8.98. The first-order chi connectivity index (χ1) is 16.3. The molecule has 1 aromatic carbocycles. The molecule has 0 unspecified atom stereocenters. The summed E-state index contributed by atoms with van der Waals surface area (Å²) in [6.45, 7) is 7.58. The summed E-state index contributed by atoms with van der Waals surface area (Å²) >= 11 is 0. The van der Waals surface area contributed by atoms with Crippen LogP contribution < -0.4 is 16.0 Å². The van der Waals surface area contributed by atoms with Crippen molar-refractivity contribution in [3.05, 3.63) is 42.2 Å². The number of nitrogens with zero attached hydrogens (tertiary/aromatic N) is 4. The molecule has 8 nitrogen and oxygen atoms in total. The summed E-state index contributed by atoms with van der Waals surface area (Å²) in [6.07, 6.45) is 7.35. The minimum Gasteiger partial charge on any atom is -0.356 e. The maximum atomic E-state index is 12.0. The molecule has 1 fully saturated rings. The zero-order valence-electron chi connectivity index (χ0n) is 19.1. The van der Waals surface area contributed by atoms with E-state index in [2.05, 4.69) is 60.9 Å². The Morgan fingerprint density at radius 1 is 0.909 bits per heavy atom. The maximum Gasteiger partial charge on any atom is 0.224 e. The first-order valence-corrected chi connectivity index (χ1v) is 12.1. The molecule has 2 bridgehead atoms. The van der Waals surface area contributed by atoms with Crippen LogP contribution in [0.25, 0.3) is 22.2 Å². The lowest BCUT2D eigenvalue weighted by Gasteiger charge is -2.27. The van der Waals surface area contributed by atoms with E-state index in [-0.39, 0.29) is 5.91 Å². The summed E-state index contributed by atoms with van der Waals surface area (Å²) in [4.78, 5) is 23.9. The van der Waals surface area contributed by atoms with Crippen LogP contribution in [-0.2, 0) is 17.9 Å². The van der Waals surface area contributed by atoms with Crippen molar-refractivity contribution in [1.82, 2.24) is 30.1 Å². The fourth-order valence-electron chi connectivity index (χ4n) is 4.65. The molecular formula is C25H33N7O. The van der Waals surface area contributed by atoms with Crippen molar-refractivity contribution in [3.63, 3.8) is 0 Å². The van der Waals surface area contributed by atoms with Crippen LogP contribution in [0.5, 0.6) is 0 Å². The molecule has 2 aliphatic rings. The molecule has 33 heavy (non-hydrogen) atoms. The van der Waals surface area contributed by atoms with Gasteiger partial charge in [-0.1, -0.05) is 24.3 Å². The normalized spacial score (nSPS) is 18.6. The minimum absolute atomic E-state index is 0.140. The van der Waals surface area contributed by atoms with Gasteiger partial charge in [0.25, 0.3) is 0 Å². The fraction of sp³-hybridized carbons (Fsp3) is 0.480. The predicted octanol–water partition coefficient (Wildman–Crippen LogP) is 2.61. The number of fused-ring (bicyclic) bond motifs is 1. The molecule has 0 aliphatic carbocycles. The Kier molecular flexibility index (Phi) is 6.83. The molecule has 1 saturated heterocycles. The molecule has 0 radical (unpaired) electrons. The Hall–Kier alpha value is -2.97. The Morgan fingerprint density at radius 3 is 2.58 bits per heavy atom. The molecule has 0 spiro atoms. The average Bonchev–Trinajstić information content (AvgIpc) is 3.20. The number of amides is 1. The highest BCUT2D eigenvalue weighted by Gasteiger charge is 2.15. The lowest BCUT2D eigenvalue weighted by Crippen LogP contribution is -2.42. The summed E-state index contributed by atoms with van der Waals surface area (Å²) in [6, 6.07) is 8.90. The van der Waals surface area contributed by atoms with Gasteiger partial charge in [0.05, 0.1) is 0 Å². The van der Waals surface area contributed by atoms with E-state index in [1.54, 1.807) is 0 Å². The number of anilines is 1. The van der Waals surface area contributed by atoms with Gasteiger partial charge in [0, 0.05) is 82.1 Å². The van der Waals surface area contributed by atoms with Crippen LogP contribution in [-0.4, -0.2) is 64.6 Å². The number of hydrogen-bond donors (Lipinski definition) is 3. The average molecular weight is 448 g/mol. The molecule has 0 saturated carbocycles. The van der Waals surface area contributed by atoms with E-state index in [1.165, 1.54) is 11.1 Å². The van der Waals surface area contributed by atoms with Crippen molar-refractivity contribution in [2.24, 2.45) is 0 Å². The molecule has 4 heterocycles. The summed E-state index contributed by atoms with van der Waals surface area (Å²) in [7, 11) is 0. The molecule has 3 aromatic rings. The fourth-order valence-corrected chi connectivity index (χ4v) is 4.65. The van der Waals surface area contributed by atoms with Crippen LogP contribution in [0.4, 0.5) is 5.95 Å². The quantitative estimate of drug-likeness (QED) is 0.572. The summed E-state index contributed by atoms with van der Waals surface area (Å²) in [5, 5.41) is 10.8. The van der Waals surface area contributed by atoms with Gasteiger partial charge < -0.3 is 20.5 Å². The highest BCUT2D eigenvalue weighted by Crippen LogP contribution is 2.30. The lowest BCUT2D eigenvalue weighted by atomic mass is 10.0. The largest absolute Gasteiger partial charge is 0.356 e. The van der Waals surface area contributed by atoms with E-state index < -0.39 is 0 Å². The molecular weight excluding hydrogens is 414 g/mol. The second kappa shape index (κ2) is 10.3. The first kappa shape index (κ1) is 21.9. The molecule has 5 rings (SSSR count). The van der Waals surface area contributed by atoms with Gasteiger partial charge in [0.15, 0.2) is 0 Å². The van der Waals surface area contributed by atoms with Crippen molar-refractivity contribution in [2.75, 3.05) is 44.6 Å². The zero-order chi connectivity index (χ0) is 22.5.